The normalized spacial score (nSPS) is 17.3. The standard InChI is InChI=1S/C19H19N3O3/c23-18(22-10-9-13(12-22)17-6-3-11-25-17)8-7-16-19(24)21-15-5-2-1-4-14(15)20-16/h1-6,11,13H,7-10,12H2,(H,21,24). The third-order valence-electron chi connectivity index (χ3n) is 4.73. The molecule has 1 aromatic carbocycles. The van der Waals surface area contributed by atoms with Crippen LogP contribution < -0.4 is 5.56 Å². The highest BCUT2D eigenvalue weighted by molar-refractivity contribution is 5.77. The molecular weight excluding hydrogens is 318 g/mol. The number of aromatic amines is 1. The number of H-pyrrole nitrogens is 1. The van der Waals surface area contributed by atoms with Crippen molar-refractivity contribution >= 4 is 16.9 Å². The van der Waals surface area contributed by atoms with Gasteiger partial charge in [-0.3, -0.25) is 9.59 Å². The van der Waals surface area contributed by atoms with E-state index in [1.165, 1.54) is 0 Å². The highest BCUT2D eigenvalue weighted by Gasteiger charge is 2.28. The Morgan fingerprint density at radius 2 is 2.16 bits per heavy atom. The van der Waals surface area contributed by atoms with Gasteiger partial charge < -0.3 is 14.3 Å². The second kappa shape index (κ2) is 6.55. The lowest BCUT2D eigenvalue weighted by Crippen LogP contribution is -2.29. The van der Waals surface area contributed by atoms with Crippen molar-refractivity contribution in [1.29, 1.82) is 0 Å². The average molecular weight is 337 g/mol. The number of para-hydroxylation sites is 2. The van der Waals surface area contributed by atoms with Gasteiger partial charge in [-0.15, -0.1) is 0 Å². The minimum atomic E-state index is -0.221. The Labute approximate surface area is 144 Å². The Balaban J connectivity index is 1.41. The van der Waals surface area contributed by atoms with Crippen LogP contribution >= 0.6 is 0 Å². The Morgan fingerprint density at radius 1 is 1.28 bits per heavy atom. The van der Waals surface area contributed by atoms with Crippen molar-refractivity contribution in [1.82, 2.24) is 14.9 Å². The first-order valence-corrected chi connectivity index (χ1v) is 8.50. The van der Waals surface area contributed by atoms with Crippen molar-refractivity contribution in [2.24, 2.45) is 0 Å². The van der Waals surface area contributed by atoms with E-state index in [1.807, 2.05) is 41.3 Å². The summed E-state index contributed by atoms with van der Waals surface area (Å²) in [5, 5.41) is 0. The summed E-state index contributed by atoms with van der Waals surface area (Å²) >= 11 is 0. The first-order chi connectivity index (χ1) is 12.2. The number of amides is 1. The smallest absolute Gasteiger partial charge is 0.270 e. The molecule has 0 saturated carbocycles. The molecule has 0 bridgehead atoms. The maximum Gasteiger partial charge on any atom is 0.270 e. The van der Waals surface area contributed by atoms with Gasteiger partial charge in [-0.25, -0.2) is 4.98 Å². The molecule has 1 fully saturated rings. The third kappa shape index (κ3) is 3.20. The van der Waals surface area contributed by atoms with E-state index in [0.717, 1.165) is 24.2 Å². The fourth-order valence-corrected chi connectivity index (χ4v) is 3.36. The minimum Gasteiger partial charge on any atom is -0.469 e. The van der Waals surface area contributed by atoms with E-state index in [4.69, 9.17) is 4.42 Å². The van der Waals surface area contributed by atoms with Crippen molar-refractivity contribution in [3.8, 4) is 0 Å². The Bertz CT molecular complexity index is 946. The lowest BCUT2D eigenvalue weighted by atomic mass is 10.1. The Kier molecular flexibility index (Phi) is 4.09. The molecule has 1 atom stereocenters. The third-order valence-corrected chi connectivity index (χ3v) is 4.73. The molecular formula is C19H19N3O3. The molecule has 1 N–H and O–H groups in total. The summed E-state index contributed by atoms with van der Waals surface area (Å²) in [5.41, 5.74) is 1.64. The number of nitrogens with zero attached hydrogens (tertiary/aromatic N) is 2. The first kappa shape index (κ1) is 15.6. The van der Waals surface area contributed by atoms with E-state index in [2.05, 4.69) is 9.97 Å². The Morgan fingerprint density at radius 3 is 3.00 bits per heavy atom. The van der Waals surface area contributed by atoms with Crippen LogP contribution in [0.5, 0.6) is 0 Å². The lowest BCUT2D eigenvalue weighted by Gasteiger charge is -2.15. The van der Waals surface area contributed by atoms with Crippen LogP contribution in [0.2, 0.25) is 0 Å². The number of rotatable bonds is 4. The summed E-state index contributed by atoms with van der Waals surface area (Å²) in [6, 6.07) is 11.2. The molecule has 3 heterocycles. The number of benzene rings is 1. The predicted molar refractivity (Wildman–Crippen MR) is 93.3 cm³/mol. The van der Waals surface area contributed by atoms with Gasteiger partial charge in [0.25, 0.3) is 5.56 Å². The number of nitrogens with one attached hydrogen (secondary N) is 1. The molecule has 0 aliphatic carbocycles. The summed E-state index contributed by atoms with van der Waals surface area (Å²) in [5.74, 6) is 1.26. The number of fused-ring (bicyclic) bond motifs is 1. The van der Waals surface area contributed by atoms with Crippen LogP contribution in [0.15, 0.2) is 51.9 Å². The van der Waals surface area contributed by atoms with Gasteiger partial charge in [-0.1, -0.05) is 12.1 Å². The molecule has 2 aromatic heterocycles. The van der Waals surface area contributed by atoms with Gasteiger partial charge >= 0.3 is 0 Å². The maximum absolute atomic E-state index is 12.5. The number of hydrogen-bond acceptors (Lipinski definition) is 4. The fourth-order valence-electron chi connectivity index (χ4n) is 3.36. The molecule has 1 aliphatic rings. The van der Waals surface area contributed by atoms with Crippen molar-refractivity contribution < 1.29 is 9.21 Å². The summed E-state index contributed by atoms with van der Waals surface area (Å²) in [6.45, 7) is 1.40. The van der Waals surface area contributed by atoms with Crippen LogP contribution in [-0.4, -0.2) is 33.9 Å². The van der Waals surface area contributed by atoms with Gasteiger partial charge in [0.2, 0.25) is 5.91 Å². The molecule has 6 heteroatoms. The van der Waals surface area contributed by atoms with Gasteiger partial charge in [0.15, 0.2) is 0 Å². The van der Waals surface area contributed by atoms with Gasteiger partial charge in [-0.05, 0) is 30.7 Å². The zero-order valence-electron chi connectivity index (χ0n) is 13.8. The zero-order valence-corrected chi connectivity index (χ0v) is 13.8. The van der Waals surface area contributed by atoms with Crippen LogP contribution in [0.1, 0.15) is 30.2 Å². The zero-order chi connectivity index (χ0) is 17.2. The minimum absolute atomic E-state index is 0.0587. The molecule has 1 aliphatic heterocycles. The summed E-state index contributed by atoms with van der Waals surface area (Å²) in [6.07, 6.45) is 3.21. The molecule has 25 heavy (non-hydrogen) atoms. The highest BCUT2D eigenvalue weighted by Crippen LogP contribution is 2.27. The number of carbonyl (C=O) groups is 1. The quantitative estimate of drug-likeness (QED) is 0.793. The first-order valence-electron chi connectivity index (χ1n) is 8.50. The topological polar surface area (TPSA) is 79.2 Å². The number of aromatic nitrogens is 2. The second-order valence-corrected chi connectivity index (χ2v) is 6.37. The van der Waals surface area contributed by atoms with Crippen molar-refractivity contribution in [3.63, 3.8) is 0 Å². The predicted octanol–water partition coefficient (Wildman–Crippen LogP) is 2.46. The van der Waals surface area contributed by atoms with Crippen LogP contribution in [0, 0.1) is 0 Å². The molecule has 1 unspecified atom stereocenters. The molecule has 128 valence electrons. The lowest BCUT2D eigenvalue weighted by molar-refractivity contribution is -0.130. The van der Waals surface area contributed by atoms with Crippen molar-refractivity contribution in [2.45, 2.75) is 25.2 Å². The van der Waals surface area contributed by atoms with E-state index in [-0.39, 0.29) is 17.4 Å². The van der Waals surface area contributed by atoms with E-state index >= 15 is 0 Å². The number of carbonyl (C=O) groups excluding carboxylic acids is 1. The van der Waals surface area contributed by atoms with Crippen LogP contribution in [0.25, 0.3) is 11.0 Å². The van der Waals surface area contributed by atoms with Crippen LogP contribution in [0.3, 0.4) is 0 Å². The molecule has 6 nitrogen and oxygen atoms in total. The SMILES string of the molecule is O=C(CCc1nc2ccccc2[nH]c1=O)N1CCC(c2ccco2)C1. The van der Waals surface area contributed by atoms with E-state index in [1.54, 1.807) is 6.26 Å². The molecule has 0 spiro atoms. The summed E-state index contributed by atoms with van der Waals surface area (Å²) in [7, 11) is 0. The number of hydrogen-bond donors (Lipinski definition) is 1. The van der Waals surface area contributed by atoms with Gasteiger partial charge in [0.1, 0.15) is 11.5 Å². The molecule has 3 aromatic rings. The van der Waals surface area contributed by atoms with Gasteiger partial charge in [0.05, 0.1) is 17.3 Å². The van der Waals surface area contributed by atoms with Gasteiger partial charge in [-0.2, -0.15) is 0 Å². The van der Waals surface area contributed by atoms with Crippen molar-refractivity contribution in [3.05, 3.63) is 64.5 Å². The summed E-state index contributed by atoms with van der Waals surface area (Å²) < 4.78 is 5.44. The second-order valence-electron chi connectivity index (χ2n) is 6.37. The molecule has 1 amide bonds. The van der Waals surface area contributed by atoms with Crippen molar-refractivity contribution in [2.75, 3.05) is 13.1 Å². The van der Waals surface area contributed by atoms with E-state index in [9.17, 15) is 9.59 Å². The number of aryl methyl sites for hydroxylation is 1. The fraction of sp³-hybridized carbons (Fsp3) is 0.316. The monoisotopic (exact) mass is 337 g/mol. The average Bonchev–Trinajstić information content (AvgIpc) is 3.30. The van der Waals surface area contributed by atoms with Crippen LogP contribution in [-0.2, 0) is 11.2 Å². The van der Waals surface area contributed by atoms with E-state index < -0.39 is 0 Å². The largest absolute Gasteiger partial charge is 0.469 e. The summed E-state index contributed by atoms with van der Waals surface area (Å²) in [4.78, 5) is 33.7. The molecule has 4 rings (SSSR count). The number of furan rings is 1. The highest BCUT2D eigenvalue weighted by atomic mass is 16.3. The molecule has 1 saturated heterocycles. The van der Waals surface area contributed by atoms with Gasteiger partial charge in [0, 0.05) is 31.8 Å². The Hall–Kier alpha value is -2.89. The van der Waals surface area contributed by atoms with E-state index in [0.29, 0.717) is 30.6 Å². The number of likely N-dealkylation sites (tertiary alicyclic amines) is 1. The van der Waals surface area contributed by atoms with Crippen LogP contribution in [0.4, 0.5) is 0 Å². The molecule has 0 radical (unpaired) electrons. The maximum atomic E-state index is 12.5.